The number of benzene rings is 1. The Balaban J connectivity index is 1.84. The predicted octanol–water partition coefficient (Wildman–Crippen LogP) is 1.56. The molecule has 0 spiro atoms. The second kappa shape index (κ2) is 6.34. The molecule has 2 aromatic rings. The van der Waals surface area contributed by atoms with Gasteiger partial charge in [0, 0.05) is 13.1 Å². The van der Waals surface area contributed by atoms with Crippen LogP contribution in [-0.4, -0.2) is 21.1 Å². The summed E-state index contributed by atoms with van der Waals surface area (Å²) in [7, 11) is 0. The number of aromatic nitrogens is 2. The fourth-order valence-corrected chi connectivity index (χ4v) is 3.05. The van der Waals surface area contributed by atoms with Crippen LogP contribution in [0, 0.1) is 0 Å². The van der Waals surface area contributed by atoms with Gasteiger partial charge in [-0.1, -0.05) is 38.1 Å². The lowest BCUT2D eigenvalue weighted by Crippen LogP contribution is -2.41. The predicted molar refractivity (Wildman–Crippen MR) is 86.8 cm³/mol. The Morgan fingerprint density at radius 3 is 2.43 bits per heavy atom. The van der Waals surface area contributed by atoms with E-state index < -0.39 is 5.56 Å². The average molecular weight is 312 g/mol. The van der Waals surface area contributed by atoms with E-state index in [1.54, 1.807) is 0 Å². The summed E-state index contributed by atoms with van der Waals surface area (Å²) in [5.74, 6) is -0.368. The minimum atomic E-state index is -0.437. The summed E-state index contributed by atoms with van der Waals surface area (Å²) in [4.78, 5) is 24.7. The highest BCUT2D eigenvalue weighted by atomic mass is 16.2. The van der Waals surface area contributed by atoms with Crippen molar-refractivity contribution in [3.8, 4) is 0 Å². The third kappa shape index (κ3) is 2.90. The molecule has 23 heavy (non-hydrogen) atoms. The molecule has 1 aliphatic heterocycles. The Bertz CT molecular complexity index is 772. The minimum absolute atomic E-state index is 0.176. The maximum atomic E-state index is 12.6. The van der Waals surface area contributed by atoms with Gasteiger partial charge < -0.3 is 0 Å². The van der Waals surface area contributed by atoms with E-state index in [2.05, 4.69) is 15.6 Å². The highest BCUT2D eigenvalue weighted by Crippen LogP contribution is 2.20. The Kier molecular flexibility index (Phi) is 4.25. The van der Waals surface area contributed by atoms with E-state index in [1.165, 1.54) is 11.1 Å². The van der Waals surface area contributed by atoms with Crippen molar-refractivity contribution in [1.82, 2.24) is 20.6 Å². The van der Waals surface area contributed by atoms with Crippen LogP contribution in [0.1, 0.15) is 46.6 Å². The van der Waals surface area contributed by atoms with Crippen molar-refractivity contribution >= 4 is 5.91 Å². The molecular weight excluding hydrogens is 292 g/mol. The van der Waals surface area contributed by atoms with Gasteiger partial charge in [-0.05, 0) is 29.5 Å². The van der Waals surface area contributed by atoms with Crippen molar-refractivity contribution in [3.05, 3.63) is 62.6 Å². The number of hydrazine groups is 1. The number of nitrogens with one attached hydrogen (secondary N) is 2. The van der Waals surface area contributed by atoms with Crippen molar-refractivity contribution < 1.29 is 4.79 Å². The van der Waals surface area contributed by atoms with Crippen LogP contribution in [0.4, 0.5) is 0 Å². The van der Waals surface area contributed by atoms with Crippen molar-refractivity contribution in [2.45, 2.75) is 39.8 Å². The molecule has 0 aliphatic carbocycles. The third-order valence-corrected chi connectivity index (χ3v) is 4.19. The zero-order valence-electron chi connectivity index (χ0n) is 13.3. The van der Waals surface area contributed by atoms with Crippen molar-refractivity contribution in [1.29, 1.82) is 0 Å². The molecule has 1 aromatic carbocycles. The number of hydrogen-bond donors (Lipinski definition) is 2. The van der Waals surface area contributed by atoms with Crippen molar-refractivity contribution in [3.63, 3.8) is 0 Å². The fourth-order valence-electron chi connectivity index (χ4n) is 3.05. The monoisotopic (exact) mass is 312 g/mol. The number of aryl methyl sites for hydroxylation is 1. The molecule has 0 unspecified atom stereocenters. The second-order valence-electron chi connectivity index (χ2n) is 5.63. The summed E-state index contributed by atoms with van der Waals surface area (Å²) in [6.45, 7) is 5.18. The van der Waals surface area contributed by atoms with Crippen LogP contribution in [0.15, 0.2) is 29.1 Å². The zero-order valence-corrected chi connectivity index (χ0v) is 13.3. The smallest absolute Gasteiger partial charge is 0.277 e. The summed E-state index contributed by atoms with van der Waals surface area (Å²) in [6.07, 6.45) is 1.28. The van der Waals surface area contributed by atoms with Crippen LogP contribution in [0.3, 0.4) is 0 Å². The largest absolute Gasteiger partial charge is 0.284 e. The fraction of sp³-hybridized carbons (Fsp3) is 0.353. The van der Waals surface area contributed by atoms with E-state index in [-0.39, 0.29) is 11.5 Å². The van der Waals surface area contributed by atoms with Crippen LogP contribution < -0.4 is 11.0 Å². The van der Waals surface area contributed by atoms with Crippen LogP contribution >= 0.6 is 0 Å². The van der Waals surface area contributed by atoms with Gasteiger partial charge in [0.25, 0.3) is 11.5 Å². The molecule has 2 heterocycles. The van der Waals surface area contributed by atoms with Gasteiger partial charge in [0.1, 0.15) is 5.56 Å². The van der Waals surface area contributed by atoms with Gasteiger partial charge in [0.2, 0.25) is 0 Å². The topological polar surface area (TPSA) is 78.1 Å². The van der Waals surface area contributed by atoms with E-state index in [0.717, 1.165) is 11.3 Å². The maximum absolute atomic E-state index is 12.6. The number of fused-ring (bicyclic) bond motifs is 1. The number of nitrogens with zero attached hydrogens (tertiary/aromatic N) is 2. The number of carbonyl (C=O) groups excluding carboxylic acids is 1. The maximum Gasteiger partial charge on any atom is 0.277 e. The number of rotatable bonds is 4. The average Bonchev–Trinajstić information content (AvgIpc) is 2.96. The summed E-state index contributed by atoms with van der Waals surface area (Å²) < 4.78 is 0. The van der Waals surface area contributed by atoms with Gasteiger partial charge in [-0.15, -0.1) is 0 Å². The SMILES string of the molecule is CCc1n[nH]c(=O)c(C(=O)NN2Cc3ccccc3C2)c1CC. The molecule has 0 radical (unpaired) electrons. The lowest BCUT2D eigenvalue weighted by atomic mass is 10.0. The van der Waals surface area contributed by atoms with Crippen molar-refractivity contribution in [2.24, 2.45) is 0 Å². The number of H-pyrrole nitrogens is 1. The van der Waals surface area contributed by atoms with E-state index in [0.29, 0.717) is 25.9 Å². The van der Waals surface area contributed by atoms with Crippen LogP contribution in [0.5, 0.6) is 0 Å². The molecule has 3 rings (SSSR count). The number of hydrogen-bond acceptors (Lipinski definition) is 4. The molecule has 0 fully saturated rings. The number of aromatic amines is 1. The van der Waals surface area contributed by atoms with Gasteiger partial charge >= 0.3 is 0 Å². The third-order valence-electron chi connectivity index (χ3n) is 4.19. The van der Waals surface area contributed by atoms with Crippen LogP contribution in [0.2, 0.25) is 0 Å². The highest BCUT2D eigenvalue weighted by molar-refractivity contribution is 5.95. The van der Waals surface area contributed by atoms with E-state index >= 15 is 0 Å². The van der Waals surface area contributed by atoms with Crippen molar-refractivity contribution in [2.75, 3.05) is 0 Å². The molecule has 1 amide bonds. The highest BCUT2D eigenvalue weighted by Gasteiger charge is 2.24. The minimum Gasteiger partial charge on any atom is -0.284 e. The zero-order chi connectivity index (χ0) is 16.4. The number of carbonyl (C=O) groups is 1. The number of amides is 1. The molecule has 6 heteroatoms. The molecule has 0 saturated heterocycles. The summed E-state index contributed by atoms with van der Waals surface area (Å²) in [5.41, 5.74) is 6.48. The van der Waals surface area contributed by atoms with Crippen LogP contribution in [0.25, 0.3) is 0 Å². The summed E-state index contributed by atoms with van der Waals surface area (Å²) in [5, 5.41) is 8.31. The van der Waals surface area contributed by atoms with Gasteiger partial charge in [-0.2, -0.15) is 5.10 Å². The first-order valence-electron chi connectivity index (χ1n) is 7.87. The van der Waals surface area contributed by atoms with E-state index in [1.807, 2.05) is 43.1 Å². The standard InChI is InChI=1S/C17H20N4O2/c1-3-13-14(4-2)18-19-16(22)15(13)17(23)20-21-9-11-7-5-6-8-12(11)10-21/h5-8H,3-4,9-10H2,1-2H3,(H,19,22)(H,20,23). The van der Waals surface area contributed by atoms with Crippen LogP contribution in [-0.2, 0) is 25.9 Å². The molecule has 0 bridgehead atoms. The Morgan fingerprint density at radius 2 is 1.87 bits per heavy atom. The first-order chi connectivity index (χ1) is 11.1. The molecule has 2 N–H and O–H groups in total. The second-order valence-corrected chi connectivity index (χ2v) is 5.63. The first kappa shape index (κ1) is 15.4. The Labute approximate surface area is 134 Å². The van der Waals surface area contributed by atoms with Gasteiger partial charge in [-0.3, -0.25) is 15.0 Å². The molecule has 0 atom stereocenters. The molecule has 120 valence electrons. The van der Waals surface area contributed by atoms with Gasteiger partial charge in [-0.25, -0.2) is 10.1 Å². The Morgan fingerprint density at radius 1 is 1.22 bits per heavy atom. The van der Waals surface area contributed by atoms with E-state index in [4.69, 9.17) is 0 Å². The molecule has 0 saturated carbocycles. The summed E-state index contributed by atoms with van der Waals surface area (Å²) >= 11 is 0. The van der Waals surface area contributed by atoms with Gasteiger partial charge in [0.05, 0.1) is 5.69 Å². The first-order valence-corrected chi connectivity index (χ1v) is 7.87. The quantitative estimate of drug-likeness (QED) is 0.898. The lowest BCUT2D eigenvalue weighted by Gasteiger charge is -2.17. The molecule has 6 nitrogen and oxygen atoms in total. The summed E-state index contributed by atoms with van der Waals surface area (Å²) in [6, 6.07) is 8.07. The van der Waals surface area contributed by atoms with E-state index in [9.17, 15) is 9.59 Å². The molecular formula is C17H20N4O2. The molecule has 1 aliphatic rings. The lowest BCUT2D eigenvalue weighted by molar-refractivity contribution is 0.0781. The van der Waals surface area contributed by atoms with Gasteiger partial charge in [0.15, 0.2) is 0 Å². The molecule has 1 aromatic heterocycles. The normalized spacial score (nSPS) is 13.8. The Hall–Kier alpha value is -2.47.